The molecular formula is C26H26N2O2. The molecule has 0 fully saturated rings. The van der Waals surface area contributed by atoms with Crippen molar-refractivity contribution in [1.82, 2.24) is 9.88 Å². The van der Waals surface area contributed by atoms with Crippen molar-refractivity contribution >= 4 is 16.9 Å². The van der Waals surface area contributed by atoms with E-state index in [4.69, 9.17) is 0 Å². The van der Waals surface area contributed by atoms with Gasteiger partial charge >= 0.3 is 5.97 Å². The predicted octanol–water partition coefficient (Wildman–Crippen LogP) is 5.03. The van der Waals surface area contributed by atoms with Gasteiger partial charge < -0.3 is 15.0 Å². The summed E-state index contributed by atoms with van der Waals surface area (Å²) in [5.41, 5.74) is 5.73. The zero-order valence-corrected chi connectivity index (χ0v) is 17.1. The zero-order chi connectivity index (χ0) is 20.9. The molecule has 3 aromatic carbocycles. The number of nitrogens with zero attached hydrogens (tertiary/aromatic N) is 1. The summed E-state index contributed by atoms with van der Waals surface area (Å²) < 4.78 is 1.94. The molecule has 0 spiro atoms. The van der Waals surface area contributed by atoms with Crippen LogP contribution in [0.5, 0.6) is 0 Å². The largest absolute Gasteiger partial charge is 0.477 e. The van der Waals surface area contributed by atoms with E-state index in [1.54, 1.807) is 0 Å². The molecule has 1 aromatic heterocycles. The number of hydrogen-bond donors (Lipinski definition) is 2. The van der Waals surface area contributed by atoms with Crippen molar-refractivity contribution in [3.63, 3.8) is 0 Å². The number of benzene rings is 3. The molecule has 152 valence electrons. The Morgan fingerprint density at radius 1 is 0.933 bits per heavy atom. The van der Waals surface area contributed by atoms with Crippen LogP contribution in [0, 0.1) is 6.92 Å². The minimum Gasteiger partial charge on any atom is -0.477 e. The highest BCUT2D eigenvalue weighted by molar-refractivity contribution is 5.98. The van der Waals surface area contributed by atoms with Crippen LogP contribution in [0.4, 0.5) is 0 Å². The Hall–Kier alpha value is -3.37. The first-order valence-corrected chi connectivity index (χ1v) is 10.3. The Kier molecular flexibility index (Phi) is 5.96. The third-order valence-corrected chi connectivity index (χ3v) is 5.60. The monoisotopic (exact) mass is 398 g/mol. The van der Waals surface area contributed by atoms with Gasteiger partial charge in [-0.15, -0.1) is 0 Å². The van der Waals surface area contributed by atoms with Crippen LogP contribution < -0.4 is 5.32 Å². The Balaban J connectivity index is 1.64. The summed E-state index contributed by atoms with van der Waals surface area (Å²) in [4.78, 5) is 12.3. The number of rotatable bonds is 8. The highest BCUT2D eigenvalue weighted by atomic mass is 16.4. The lowest BCUT2D eigenvalue weighted by molar-refractivity contribution is 0.0684. The number of carboxylic acid groups (broad SMARTS) is 1. The quantitative estimate of drug-likeness (QED) is 0.409. The SMILES string of the molecule is Cc1ccccc1Cn1c(C(=O)O)c(CNCCc2ccccc2)c2ccccc21. The smallest absolute Gasteiger partial charge is 0.352 e. The highest BCUT2D eigenvalue weighted by Crippen LogP contribution is 2.28. The zero-order valence-electron chi connectivity index (χ0n) is 17.1. The summed E-state index contributed by atoms with van der Waals surface area (Å²) in [6.45, 7) is 3.92. The van der Waals surface area contributed by atoms with Crippen molar-refractivity contribution in [1.29, 1.82) is 0 Å². The lowest BCUT2D eigenvalue weighted by Crippen LogP contribution is -2.19. The fraction of sp³-hybridized carbons (Fsp3) is 0.192. The molecule has 2 N–H and O–H groups in total. The van der Waals surface area contributed by atoms with Gasteiger partial charge in [0.2, 0.25) is 0 Å². The fourth-order valence-corrected chi connectivity index (χ4v) is 4.01. The lowest BCUT2D eigenvalue weighted by atomic mass is 10.1. The maximum atomic E-state index is 12.3. The third-order valence-electron chi connectivity index (χ3n) is 5.60. The molecule has 1 heterocycles. The highest BCUT2D eigenvalue weighted by Gasteiger charge is 2.22. The maximum absolute atomic E-state index is 12.3. The van der Waals surface area contributed by atoms with Crippen LogP contribution in [0.15, 0.2) is 78.9 Å². The van der Waals surface area contributed by atoms with E-state index in [2.05, 4.69) is 36.5 Å². The van der Waals surface area contributed by atoms with Crippen LogP contribution in [-0.2, 0) is 19.5 Å². The third kappa shape index (κ3) is 4.14. The van der Waals surface area contributed by atoms with Crippen LogP contribution in [0.3, 0.4) is 0 Å². The number of carbonyl (C=O) groups is 1. The van der Waals surface area contributed by atoms with E-state index in [9.17, 15) is 9.90 Å². The van der Waals surface area contributed by atoms with E-state index in [0.29, 0.717) is 18.8 Å². The first kappa shape index (κ1) is 19.9. The molecule has 30 heavy (non-hydrogen) atoms. The number of carboxylic acids is 1. The van der Waals surface area contributed by atoms with Crippen LogP contribution in [0.25, 0.3) is 10.9 Å². The van der Waals surface area contributed by atoms with Crippen molar-refractivity contribution in [2.75, 3.05) is 6.54 Å². The van der Waals surface area contributed by atoms with Gasteiger partial charge in [-0.1, -0.05) is 72.8 Å². The van der Waals surface area contributed by atoms with Crippen molar-refractivity contribution in [3.8, 4) is 0 Å². The first-order valence-electron chi connectivity index (χ1n) is 10.3. The second kappa shape index (κ2) is 8.97. The second-order valence-corrected chi connectivity index (χ2v) is 7.57. The second-order valence-electron chi connectivity index (χ2n) is 7.57. The topological polar surface area (TPSA) is 54.3 Å². The van der Waals surface area contributed by atoms with E-state index in [-0.39, 0.29) is 0 Å². The van der Waals surface area contributed by atoms with Gasteiger partial charge in [0.1, 0.15) is 5.69 Å². The average molecular weight is 399 g/mol. The molecule has 0 bridgehead atoms. The van der Waals surface area contributed by atoms with Gasteiger partial charge in [-0.3, -0.25) is 0 Å². The minimum absolute atomic E-state index is 0.367. The molecule has 0 saturated heterocycles. The normalized spacial score (nSPS) is 11.1. The van der Waals surface area contributed by atoms with Crippen LogP contribution in [-0.4, -0.2) is 22.2 Å². The van der Waals surface area contributed by atoms with Gasteiger partial charge in [-0.05, 0) is 42.6 Å². The molecule has 4 rings (SSSR count). The summed E-state index contributed by atoms with van der Waals surface area (Å²) in [6.07, 6.45) is 0.908. The van der Waals surface area contributed by atoms with E-state index in [1.807, 2.05) is 59.2 Å². The maximum Gasteiger partial charge on any atom is 0.352 e. The molecule has 4 aromatic rings. The molecule has 0 unspecified atom stereocenters. The summed E-state index contributed by atoms with van der Waals surface area (Å²) in [7, 11) is 0. The summed E-state index contributed by atoms with van der Waals surface area (Å²) in [5, 5.41) is 14.5. The Labute approximate surface area is 176 Å². The Bertz CT molecular complexity index is 1160. The van der Waals surface area contributed by atoms with Crippen LogP contribution in [0.1, 0.15) is 32.7 Å². The van der Waals surface area contributed by atoms with Gasteiger partial charge in [-0.25, -0.2) is 4.79 Å². The summed E-state index contributed by atoms with van der Waals surface area (Å²) >= 11 is 0. The minimum atomic E-state index is -0.889. The van der Waals surface area contributed by atoms with Gasteiger partial charge in [0.05, 0.1) is 0 Å². The van der Waals surface area contributed by atoms with Crippen molar-refractivity contribution < 1.29 is 9.90 Å². The van der Waals surface area contributed by atoms with E-state index in [1.165, 1.54) is 5.56 Å². The van der Waals surface area contributed by atoms with Crippen molar-refractivity contribution in [2.24, 2.45) is 0 Å². The van der Waals surface area contributed by atoms with Gasteiger partial charge in [0.25, 0.3) is 0 Å². The average Bonchev–Trinajstić information content (AvgIpc) is 3.07. The molecule has 0 radical (unpaired) electrons. The van der Waals surface area contributed by atoms with Gasteiger partial charge in [0.15, 0.2) is 0 Å². The van der Waals surface area contributed by atoms with Gasteiger partial charge in [0, 0.05) is 29.6 Å². The van der Waals surface area contributed by atoms with E-state index < -0.39 is 5.97 Å². The molecule has 0 aliphatic carbocycles. The van der Waals surface area contributed by atoms with Crippen molar-refractivity contribution in [3.05, 3.63) is 107 Å². The molecule has 0 atom stereocenters. The lowest BCUT2D eigenvalue weighted by Gasteiger charge is -2.12. The van der Waals surface area contributed by atoms with E-state index in [0.717, 1.165) is 40.6 Å². The van der Waals surface area contributed by atoms with E-state index >= 15 is 0 Å². The number of aromatic nitrogens is 1. The molecule has 0 aliphatic rings. The van der Waals surface area contributed by atoms with Crippen molar-refractivity contribution in [2.45, 2.75) is 26.4 Å². The molecule has 0 saturated carbocycles. The number of para-hydroxylation sites is 1. The van der Waals surface area contributed by atoms with Crippen LogP contribution >= 0.6 is 0 Å². The predicted molar refractivity (Wildman–Crippen MR) is 121 cm³/mol. The van der Waals surface area contributed by atoms with Crippen LogP contribution in [0.2, 0.25) is 0 Å². The fourth-order valence-electron chi connectivity index (χ4n) is 4.01. The molecule has 0 amide bonds. The number of aryl methyl sites for hydroxylation is 1. The molecular weight excluding hydrogens is 372 g/mol. The molecule has 0 aliphatic heterocycles. The Morgan fingerprint density at radius 3 is 2.40 bits per heavy atom. The first-order chi connectivity index (χ1) is 14.6. The number of aromatic carboxylic acids is 1. The molecule has 4 heteroatoms. The number of hydrogen-bond acceptors (Lipinski definition) is 2. The summed E-state index contributed by atoms with van der Waals surface area (Å²) in [5.74, 6) is -0.889. The number of nitrogens with one attached hydrogen (secondary N) is 1. The standard InChI is InChI=1S/C26H26N2O2/c1-19-9-5-6-12-21(19)18-28-24-14-8-7-13-22(24)23(25(28)26(29)30)17-27-16-15-20-10-3-2-4-11-20/h2-14,27H,15-18H2,1H3,(H,29,30). The molecule has 4 nitrogen and oxygen atoms in total. The number of fused-ring (bicyclic) bond motifs is 1. The Morgan fingerprint density at radius 2 is 1.63 bits per heavy atom. The van der Waals surface area contributed by atoms with Gasteiger partial charge in [-0.2, -0.15) is 0 Å². The summed E-state index contributed by atoms with van der Waals surface area (Å²) in [6, 6.07) is 26.4.